The maximum Gasteiger partial charge on any atom is 0.121 e. The van der Waals surface area contributed by atoms with Crippen molar-refractivity contribution in [2.75, 3.05) is 12.4 Å². The molecule has 2 aromatic carbocycles. The second-order valence-corrected chi connectivity index (χ2v) is 5.13. The molecule has 0 heterocycles. The molecule has 0 aliphatic heterocycles. The average molecular weight is 338 g/mol. The van der Waals surface area contributed by atoms with Crippen LogP contribution in [-0.4, -0.2) is 7.11 Å². The summed E-state index contributed by atoms with van der Waals surface area (Å²) in [7, 11) is 1.60. The van der Waals surface area contributed by atoms with Gasteiger partial charge in [-0.25, -0.2) is 0 Å². The lowest BCUT2D eigenvalue weighted by Gasteiger charge is -2.11. The lowest BCUT2D eigenvalue weighted by atomic mass is 10.2. The molecule has 0 aliphatic rings. The van der Waals surface area contributed by atoms with E-state index in [2.05, 4.69) is 27.3 Å². The van der Waals surface area contributed by atoms with Gasteiger partial charge in [-0.3, -0.25) is 0 Å². The van der Waals surface area contributed by atoms with Crippen molar-refractivity contribution in [1.82, 2.24) is 0 Å². The predicted molar refractivity (Wildman–Crippen MR) is 80.1 cm³/mol. The molecule has 0 aromatic heterocycles. The van der Waals surface area contributed by atoms with Gasteiger partial charge in [0.15, 0.2) is 0 Å². The minimum atomic E-state index is 0.566. The molecule has 3 nitrogen and oxygen atoms in total. The van der Waals surface area contributed by atoms with Crippen molar-refractivity contribution in [2.45, 2.75) is 0 Å². The molecule has 0 unspecified atom stereocenters. The topological polar surface area (TPSA) is 45.0 Å². The molecule has 0 saturated carbocycles. The smallest absolute Gasteiger partial charge is 0.121 e. The van der Waals surface area contributed by atoms with Crippen LogP contribution < -0.4 is 10.1 Å². The Morgan fingerprint density at radius 2 is 2.05 bits per heavy atom. The largest absolute Gasteiger partial charge is 0.497 e. The number of nitrogens with zero attached hydrogens (tertiary/aromatic N) is 1. The van der Waals surface area contributed by atoms with Gasteiger partial charge >= 0.3 is 0 Å². The molecule has 0 amide bonds. The number of ether oxygens (including phenoxy) is 1. The Hall–Kier alpha value is -1.70. The van der Waals surface area contributed by atoms with E-state index in [4.69, 9.17) is 21.6 Å². The van der Waals surface area contributed by atoms with Crippen LogP contribution in [0.15, 0.2) is 40.9 Å². The molecule has 0 aliphatic carbocycles. The Morgan fingerprint density at radius 3 is 2.74 bits per heavy atom. The van der Waals surface area contributed by atoms with Gasteiger partial charge in [0, 0.05) is 16.2 Å². The lowest BCUT2D eigenvalue weighted by Crippen LogP contribution is -1.93. The summed E-state index contributed by atoms with van der Waals surface area (Å²) in [5.74, 6) is 0.711. The van der Waals surface area contributed by atoms with Crippen molar-refractivity contribution in [3.05, 3.63) is 51.5 Å². The monoisotopic (exact) mass is 336 g/mol. The van der Waals surface area contributed by atoms with E-state index in [0.29, 0.717) is 16.3 Å². The Balaban J connectivity index is 2.36. The summed E-state index contributed by atoms with van der Waals surface area (Å²) in [5.41, 5.74) is 2.07. The summed E-state index contributed by atoms with van der Waals surface area (Å²) in [4.78, 5) is 0. The summed E-state index contributed by atoms with van der Waals surface area (Å²) in [6, 6.07) is 12.8. The Morgan fingerprint density at radius 1 is 1.26 bits per heavy atom. The van der Waals surface area contributed by atoms with Crippen molar-refractivity contribution < 1.29 is 4.74 Å². The Labute approximate surface area is 124 Å². The number of nitriles is 1. The summed E-state index contributed by atoms with van der Waals surface area (Å²) in [6.07, 6.45) is 0. The first-order valence-corrected chi connectivity index (χ1v) is 6.60. The molecule has 0 radical (unpaired) electrons. The van der Waals surface area contributed by atoms with Crippen LogP contribution in [-0.2, 0) is 0 Å². The summed E-state index contributed by atoms with van der Waals surface area (Å²) in [5, 5.41) is 12.7. The Bertz CT molecular complexity index is 652. The van der Waals surface area contributed by atoms with Crippen molar-refractivity contribution in [3.63, 3.8) is 0 Å². The van der Waals surface area contributed by atoms with Crippen molar-refractivity contribution in [1.29, 1.82) is 5.26 Å². The van der Waals surface area contributed by atoms with Crippen LogP contribution in [0.1, 0.15) is 5.56 Å². The zero-order valence-corrected chi connectivity index (χ0v) is 12.4. The molecule has 0 spiro atoms. The minimum absolute atomic E-state index is 0.566. The number of hydrogen-bond donors (Lipinski definition) is 1. The molecule has 2 aromatic rings. The molecule has 0 atom stereocenters. The molecule has 0 bridgehead atoms. The van der Waals surface area contributed by atoms with E-state index in [1.54, 1.807) is 37.4 Å². The zero-order chi connectivity index (χ0) is 13.8. The molecule has 1 N–H and O–H groups in total. The van der Waals surface area contributed by atoms with Crippen molar-refractivity contribution >= 4 is 38.9 Å². The standard InChI is InChI=1S/C14H10BrClN2O/c1-19-12-2-3-13(16)14(7-12)18-11-5-9(8-17)4-10(15)6-11/h2-7,18H,1H3. The van der Waals surface area contributed by atoms with Gasteiger partial charge in [0.25, 0.3) is 0 Å². The Kier molecular flexibility index (Phi) is 4.31. The lowest BCUT2D eigenvalue weighted by molar-refractivity contribution is 0.415. The predicted octanol–water partition coefficient (Wildman–Crippen LogP) is 4.73. The number of halogens is 2. The summed E-state index contributed by atoms with van der Waals surface area (Å²) in [6.45, 7) is 0. The van der Waals surface area contributed by atoms with Gasteiger partial charge in [0.2, 0.25) is 0 Å². The van der Waals surface area contributed by atoms with E-state index in [1.807, 2.05) is 6.07 Å². The van der Waals surface area contributed by atoms with Gasteiger partial charge in [-0.15, -0.1) is 0 Å². The number of rotatable bonds is 3. The van der Waals surface area contributed by atoms with Crippen LogP contribution >= 0.6 is 27.5 Å². The van der Waals surface area contributed by atoms with E-state index in [9.17, 15) is 0 Å². The number of benzene rings is 2. The summed E-state index contributed by atoms with van der Waals surface area (Å²) < 4.78 is 5.98. The molecule has 96 valence electrons. The minimum Gasteiger partial charge on any atom is -0.497 e. The first-order chi connectivity index (χ1) is 9.12. The van der Waals surface area contributed by atoms with Gasteiger partial charge in [0.05, 0.1) is 29.5 Å². The van der Waals surface area contributed by atoms with Gasteiger partial charge in [-0.1, -0.05) is 27.5 Å². The number of methoxy groups -OCH3 is 1. The SMILES string of the molecule is COc1ccc(Cl)c(Nc2cc(Br)cc(C#N)c2)c1. The fourth-order valence-corrected chi connectivity index (χ4v) is 2.27. The summed E-state index contributed by atoms with van der Waals surface area (Å²) >= 11 is 9.49. The first-order valence-electron chi connectivity index (χ1n) is 5.43. The highest BCUT2D eigenvalue weighted by molar-refractivity contribution is 9.10. The second-order valence-electron chi connectivity index (χ2n) is 3.81. The van der Waals surface area contributed by atoms with E-state index >= 15 is 0 Å². The van der Waals surface area contributed by atoms with Gasteiger partial charge < -0.3 is 10.1 Å². The molecule has 5 heteroatoms. The van der Waals surface area contributed by atoms with Crippen LogP contribution in [0.25, 0.3) is 0 Å². The maximum atomic E-state index is 8.94. The highest BCUT2D eigenvalue weighted by atomic mass is 79.9. The van der Waals surface area contributed by atoms with Crippen molar-refractivity contribution in [2.24, 2.45) is 0 Å². The van der Waals surface area contributed by atoms with E-state index < -0.39 is 0 Å². The molecular weight excluding hydrogens is 328 g/mol. The van der Waals surface area contributed by atoms with Gasteiger partial charge in [0.1, 0.15) is 5.75 Å². The third-order valence-corrected chi connectivity index (χ3v) is 3.27. The highest BCUT2D eigenvalue weighted by Crippen LogP contribution is 2.30. The van der Waals surface area contributed by atoms with E-state index in [-0.39, 0.29) is 0 Å². The molecular formula is C14H10BrClN2O. The zero-order valence-electron chi connectivity index (χ0n) is 10.1. The van der Waals surface area contributed by atoms with E-state index in [0.717, 1.165) is 15.8 Å². The molecule has 19 heavy (non-hydrogen) atoms. The third kappa shape index (κ3) is 3.40. The molecule has 0 saturated heterocycles. The van der Waals surface area contributed by atoms with Gasteiger partial charge in [-0.2, -0.15) is 5.26 Å². The van der Waals surface area contributed by atoms with Crippen LogP contribution in [0.5, 0.6) is 5.75 Å². The maximum absolute atomic E-state index is 8.94. The average Bonchev–Trinajstić information content (AvgIpc) is 2.40. The molecule has 0 fully saturated rings. The second kappa shape index (κ2) is 5.96. The fourth-order valence-electron chi connectivity index (χ4n) is 1.61. The fraction of sp³-hybridized carbons (Fsp3) is 0.0714. The van der Waals surface area contributed by atoms with Gasteiger partial charge in [-0.05, 0) is 30.3 Å². The number of nitrogens with one attached hydrogen (secondary N) is 1. The van der Waals surface area contributed by atoms with Crippen molar-refractivity contribution in [3.8, 4) is 11.8 Å². The van der Waals surface area contributed by atoms with Crippen LogP contribution in [0.4, 0.5) is 11.4 Å². The number of anilines is 2. The third-order valence-electron chi connectivity index (χ3n) is 2.48. The van der Waals surface area contributed by atoms with Crippen LogP contribution in [0.3, 0.4) is 0 Å². The van der Waals surface area contributed by atoms with E-state index in [1.165, 1.54) is 0 Å². The van der Waals surface area contributed by atoms with Crippen LogP contribution in [0.2, 0.25) is 5.02 Å². The molecule has 2 rings (SSSR count). The quantitative estimate of drug-likeness (QED) is 0.881. The highest BCUT2D eigenvalue weighted by Gasteiger charge is 2.05. The first kappa shape index (κ1) is 13.7. The van der Waals surface area contributed by atoms with Crippen LogP contribution in [0, 0.1) is 11.3 Å². The number of hydrogen-bond acceptors (Lipinski definition) is 3. The normalized spacial score (nSPS) is 9.79.